The lowest BCUT2D eigenvalue weighted by atomic mass is 9.96. The molecule has 2 amide bonds. The van der Waals surface area contributed by atoms with Crippen molar-refractivity contribution in [1.29, 1.82) is 0 Å². The fourth-order valence-electron chi connectivity index (χ4n) is 3.92. The summed E-state index contributed by atoms with van der Waals surface area (Å²) in [6.07, 6.45) is 1.63. The zero-order chi connectivity index (χ0) is 24.8. The van der Waals surface area contributed by atoms with E-state index in [4.69, 9.17) is 14.2 Å². The van der Waals surface area contributed by atoms with E-state index in [1.54, 1.807) is 55.6 Å². The molecule has 0 saturated heterocycles. The summed E-state index contributed by atoms with van der Waals surface area (Å²) in [5.41, 5.74) is 1.44. The van der Waals surface area contributed by atoms with Crippen LogP contribution in [0.3, 0.4) is 0 Å². The Kier molecular flexibility index (Phi) is 7.94. The van der Waals surface area contributed by atoms with E-state index in [9.17, 15) is 14.4 Å². The number of ether oxygens (including phenoxy) is 3. The third-order valence-corrected chi connectivity index (χ3v) is 5.53. The fraction of sp³-hybridized carbons (Fsp3) is 0.346. The second-order valence-corrected chi connectivity index (χ2v) is 8.08. The van der Waals surface area contributed by atoms with E-state index in [0.29, 0.717) is 28.3 Å². The lowest BCUT2D eigenvalue weighted by Gasteiger charge is -2.41. The minimum Gasteiger partial charge on any atom is -0.493 e. The lowest BCUT2D eigenvalue weighted by molar-refractivity contribution is -0.148. The number of hydrogen-bond acceptors (Lipinski definition) is 6. The number of esters is 1. The van der Waals surface area contributed by atoms with E-state index in [1.165, 1.54) is 24.0 Å². The van der Waals surface area contributed by atoms with E-state index < -0.39 is 12.0 Å². The van der Waals surface area contributed by atoms with E-state index in [1.807, 2.05) is 19.9 Å². The van der Waals surface area contributed by atoms with Crippen molar-refractivity contribution in [2.24, 2.45) is 5.92 Å². The maximum absolute atomic E-state index is 13.7. The van der Waals surface area contributed by atoms with Gasteiger partial charge < -0.3 is 19.1 Å². The van der Waals surface area contributed by atoms with Crippen molar-refractivity contribution in [2.75, 3.05) is 27.4 Å². The van der Waals surface area contributed by atoms with Gasteiger partial charge in [-0.25, -0.2) is 0 Å². The van der Waals surface area contributed by atoms with Crippen LogP contribution in [0.25, 0.3) is 5.70 Å². The molecule has 0 radical (unpaired) electrons. The number of carbonyl (C=O) groups is 3. The summed E-state index contributed by atoms with van der Waals surface area (Å²) in [4.78, 5) is 42.4. The van der Waals surface area contributed by atoms with Gasteiger partial charge in [0.1, 0.15) is 12.6 Å². The van der Waals surface area contributed by atoms with E-state index in [0.717, 1.165) is 0 Å². The normalized spacial score (nSPS) is 15.8. The van der Waals surface area contributed by atoms with Crippen molar-refractivity contribution in [3.63, 3.8) is 0 Å². The van der Waals surface area contributed by atoms with Crippen LogP contribution in [0.2, 0.25) is 0 Å². The average molecular weight is 467 g/mol. The molecule has 0 N–H and O–H groups in total. The number of carbonyl (C=O) groups excluding carboxylic acids is 3. The van der Waals surface area contributed by atoms with E-state index >= 15 is 0 Å². The second-order valence-electron chi connectivity index (χ2n) is 8.08. The molecule has 34 heavy (non-hydrogen) atoms. The molecule has 2 aromatic carbocycles. The molecular formula is C26H30N2O6. The van der Waals surface area contributed by atoms with Gasteiger partial charge in [-0.1, -0.05) is 32.0 Å². The Labute approximate surface area is 199 Å². The number of nitrogens with zero attached hydrogens (tertiary/aromatic N) is 2. The molecule has 8 heteroatoms. The van der Waals surface area contributed by atoms with Gasteiger partial charge >= 0.3 is 5.97 Å². The molecular weight excluding hydrogens is 436 g/mol. The molecule has 1 aliphatic rings. The molecule has 0 bridgehead atoms. The first kappa shape index (κ1) is 24.8. The van der Waals surface area contributed by atoms with Gasteiger partial charge in [-0.3, -0.25) is 19.3 Å². The molecule has 0 spiro atoms. The Balaban J connectivity index is 2.17. The SMILES string of the molecule is CCOC(=O)CN1C(=O)C(C(C)C)N(C(=O)c2ccccc2)C=C1c1ccc(OC)c(OC)c1. The first-order chi connectivity index (χ1) is 16.3. The Bertz CT molecular complexity index is 1080. The van der Waals surface area contributed by atoms with Crippen LogP contribution in [0, 0.1) is 5.92 Å². The van der Waals surface area contributed by atoms with Crippen molar-refractivity contribution in [2.45, 2.75) is 26.8 Å². The Morgan fingerprint density at radius 1 is 1.00 bits per heavy atom. The molecule has 1 aliphatic heterocycles. The first-order valence-corrected chi connectivity index (χ1v) is 11.1. The minimum absolute atomic E-state index is 0.197. The van der Waals surface area contributed by atoms with Crippen LogP contribution in [0.15, 0.2) is 54.7 Å². The van der Waals surface area contributed by atoms with Gasteiger partial charge in [0.05, 0.1) is 26.5 Å². The van der Waals surface area contributed by atoms with Crippen LogP contribution >= 0.6 is 0 Å². The number of benzene rings is 2. The Morgan fingerprint density at radius 2 is 1.68 bits per heavy atom. The quantitative estimate of drug-likeness (QED) is 0.553. The second kappa shape index (κ2) is 10.9. The summed E-state index contributed by atoms with van der Waals surface area (Å²) in [6.45, 7) is 5.36. The summed E-state index contributed by atoms with van der Waals surface area (Å²) in [5.74, 6) is -0.429. The highest BCUT2D eigenvalue weighted by Crippen LogP contribution is 2.35. The summed E-state index contributed by atoms with van der Waals surface area (Å²) in [6, 6.07) is 13.2. The predicted octanol–water partition coefficient (Wildman–Crippen LogP) is 3.57. The standard InChI is InChI=1S/C26H30N2O6/c1-6-34-23(29)16-27-20(19-12-13-21(32-4)22(14-19)33-5)15-28(24(17(2)3)26(27)31)25(30)18-10-8-7-9-11-18/h7-15,17,24H,6,16H2,1-5H3. The molecule has 1 atom stereocenters. The van der Waals surface area contributed by atoms with Crippen LogP contribution in [0.4, 0.5) is 0 Å². The topological polar surface area (TPSA) is 85.4 Å². The van der Waals surface area contributed by atoms with Gasteiger partial charge in [0.25, 0.3) is 11.8 Å². The van der Waals surface area contributed by atoms with Gasteiger partial charge in [-0.05, 0) is 43.2 Å². The van der Waals surface area contributed by atoms with E-state index in [-0.39, 0.29) is 30.9 Å². The van der Waals surface area contributed by atoms with Gasteiger partial charge in [-0.15, -0.1) is 0 Å². The average Bonchev–Trinajstić information content (AvgIpc) is 2.84. The van der Waals surface area contributed by atoms with Crippen molar-refractivity contribution in [1.82, 2.24) is 9.80 Å². The van der Waals surface area contributed by atoms with E-state index in [2.05, 4.69) is 0 Å². The number of amides is 2. The molecule has 1 unspecified atom stereocenters. The monoisotopic (exact) mass is 466 g/mol. The van der Waals surface area contributed by atoms with Crippen molar-refractivity contribution in [3.05, 3.63) is 65.9 Å². The van der Waals surface area contributed by atoms with Crippen LogP contribution in [0.5, 0.6) is 11.5 Å². The predicted molar refractivity (Wildman–Crippen MR) is 127 cm³/mol. The first-order valence-electron chi connectivity index (χ1n) is 11.1. The van der Waals surface area contributed by atoms with Crippen LogP contribution < -0.4 is 9.47 Å². The number of methoxy groups -OCH3 is 2. The molecule has 0 aromatic heterocycles. The van der Waals surface area contributed by atoms with Crippen molar-refractivity contribution in [3.8, 4) is 11.5 Å². The van der Waals surface area contributed by atoms with Gasteiger partial charge in [0.15, 0.2) is 11.5 Å². The van der Waals surface area contributed by atoms with Gasteiger partial charge in [0.2, 0.25) is 0 Å². The maximum Gasteiger partial charge on any atom is 0.326 e. The number of rotatable bonds is 8. The number of hydrogen-bond donors (Lipinski definition) is 0. The van der Waals surface area contributed by atoms with Crippen LogP contribution in [-0.4, -0.2) is 61.0 Å². The van der Waals surface area contributed by atoms with Crippen LogP contribution in [0.1, 0.15) is 36.7 Å². The summed E-state index contributed by atoms with van der Waals surface area (Å²) >= 11 is 0. The molecule has 180 valence electrons. The Morgan fingerprint density at radius 3 is 2.26 bits per heavy atom. The third-order valence-electron chi connectivity index (χ3n) is 5.53. The summed E-state index contributed by atoms with van der Waals surface area (Å²) < 4.78 is 15.9. The molecule has 8 nitrogen and oxygen atoms in total. The lowest BCUT2D eigenvalue weighted by Crippen LogP contribution is -2.55. The molecule has 1 heterocycles. The third kappa shape index (κ3) is 5.06. The Hall–Kier alpha value is -3.81. The highest BCUT2D eigenvalue weighted by Gasteiger charge is 2.41. The van der Waals surface area contributed by atoms with Gasteiger partial charge in [-0.2, -0.15) is 0 Å². The molecule has 2 aromatic rings. The molecule has 3 rings (SSSR count). The summed E-state index contributed by atoms with van der Waals surface area (Å²) in [7, 11) is 3.04. The fourth-order valence-corrected chi connectivity index (χ4v) is 3.92. The highest BCUT2D eigenvalue weighted by atomic mass is 16.5. The summed E-state index contributed by atoms with van der Waals surface area (Å²) in [5, 5.41) is 0. The zero-order valence-corrected chi connectivity index (χ0v) is 20.1. The highest BCUT2D eigenvalue weighted by molar-refractivity contribution is 6.03. The molecule has 0 fully saturated rings. The van der Waals surface area contributed by atoms with Crippen molar-refractivity contribution < 1.29 is 28.6 Å². The molecule has 0 saturated carbocycles. The van der Waals surface area contributed by atoms with Crippen LogP contribution in [-0.2, 0) is 14.3 Å². The smallest absolute Gasteiger partial charge is 0.326 e. The largest absolute Gasteiger partial charge is 0.493 e. The minimum atomic E-state index is -0.786. The van der Waals surface area contributed by atoms with Crippen molar-refractivity contribution >= 4 is 23.5 Å². The molecule has 0 aliphatic carbocycles. The maximum atomic E-state index is 13.7. The van der Waals surface area contributed by atoms with Gasteiger partial charge in [0, 0.05) is 17.3 Å². The zero-order valence-electron chi connectivity index (χ0n) is 20.1.